The van der Waals surface area contributed by atoms with Crippen LogP contribution in [-0.4, -0.2) is 105 Å². The minimum atomic E-state index is -1.32. The van der Waals surface area contributed by atoms with Gasteiger partial charge in [-0.05, 0) is 33.1 Å². The fourth-order valence-electron chi connectivity index (χ4n) is 4.34. The molecule has 0 aromatic heterocycles. The van der Waals surface area contributed by atoms with E-state index in [2.05, 4.69) is 0 Å². The van der Waals surface area contributed by atoms with Crippen LogP contribution in [0.15, 0.2) is 0 Å². The quantitative estimate of drug-likeness (QED) is 0.492. The SMILES string of the molecule is CCC(O)CN1CN(CC(O)CN2C(=O)N(C)C(=O)C(CC)(CC)C2=O)C(=O)C1(C)C. The van der Waals surface area contributed by atoms with Crippen molar-refractivity contribution in [3.8, 4) is 0 Å². The topological polar surface area (TPSA) is 122 Å². The molecule has 10 nitrogen and oxygen atoms in total. The van der Waals surface area contributed by atoms with Crippen molar-refractivity contribution < 1.29 is 29.4 Å². The number of β-amino-alcohol motifs (C(OH)–C–C–N with tert-alkyl or cyclic N) is 2. The van der Waals surface area contributed by atoms with Crippen molar-refractivity contribution in [3.63, 3.8) is 0 Å². The number of barbiturate groups is 1. The summed E-state index contributed by atoms with van der Waals surface area (Å²) < 4.78 is 0. The summed E-state index contributed by atoms with van der Waals surface area (Å²) in [5.41, 5.74) is -2.15. The summed E-state index contributed by atoms with van der Waals surface area (Å²) in [5.74, 6) is -1.33. The summed E-state index contributed by atoms with van der Waals surface area (Å²) in [4.78, 5) is 56.3. The molecule has 2 rings (SSSR count). The molecule has 5 amide bonds. The van der Waals surface area contributed by atoms with Crippen molar-refractivity contribution in [1.82, 2.24) is 19.6 Å². The van der Waals surface area contributed by atoms with Crippen LogP contribution >= 0.6 is 0 Å². The molecule has 0 bridgehead atoms. The molecule has 0 aromatic carbocycles. The number of hydrogen-bond acceptors (Lipinski definition) is 7. The molecule has 31 heavy (non-hydrogen) atoms. The Bertz CT molecular complexity index is 735. The monoisotopic (exact) mass is 440 g/mol. The lowest BCUT2D eigenvalue weighted by Crippen LogP contribution is -2.65. The zero-order chi connectivity index (χ0) is 23.7. The number of urea groups is 1. The number of aliphatic hydroxyl groups is 2. The van der Waals surface area contributed by atoms with Gasteiger partial charge in [0.1, 0.15) is 5.41 Å². The van der Waals surface area contributed by atoms with E-state index in [1.807, 2.05) is 11.8 Å². The van der Waals surface area contributed by atoms with Crippen LogP contribution in [0.2, 0.25) is 0 Å². The van der Waals surface area contributed by atoms with Gasteiger partial charge < -0.3 is 15.1 Å². The van der Waals surface area contributed by atoms with Crippen molar-refractivity contribution >= 4 is 23.8 Å². The Kier molecular flexibility index (Phi) is 7.50. The Morgan fingerprint density at radius 2 is 1.45 bits per heavy atom. The Morgan fingerprint density at radius 3 is 1.97 bits per heavy atom. The van der Waals surface area contributed by atoms with Crippen LogP contribution in [0.3, 0.4) is 0 Å². The standard InChI is InChI=1S/C21H36N4O6/c1-7-14(26)11-24-13-23(16(28)20(24,4)5)10-15(27)12-25-18(30)21(8-2,9-3)17(29)22(6)19(25)31/h14-15,26-27H,7-13H2,1-6H3. The highest BCUT2D eigenvalue weighted by atomic mass is 16.3. The number of nitrogens with zero attached hydrogens (tertiary/aromatic N) is 4. The van der Waals surface area contributed by atoms with Gasteiger partial charge >= 0.3 is 6.03 Å². The molecule has 2 aliphatic heterocycles. The summed E-state index contributed by atoms with van der Waals surface area (Å²) in [5, 5.41) is 20.6. The van der Waals surface area contributed by atoms with Gasteiger partial charge in [0.2, 0.25) is 17.7 Å². The molecular weight excluding hydrogens is 404 g/mol. The first-order chi connectivity index (χ1) is 14.4. The van der Waals surface area contributed by atoms with E-state index in [1.165, 1.54) is 11.9 Å². The van der Waals surface area contributed by atoms with Gasteiger partial charge in [0, 0.05) is 20.1 Å². The molecule has 0 aliphatic carbocycles. The molecule has 2 heterocycles. The first-order valence-corrected chi connectivity index (χ1v) is 10.9. The number of carbonyl (C=O) groups excluding carboxylic acids is 4. The highest BCUT2D eigenvalue weighted by molar-refractivity contribution is 6.18. The maximum absolute atomic E-state index is 13.1. The molecule has 2 aliphatic rings. The normalized spacial score (nSPS) is 23.7. The zero-order valence-corrected chi connectivity index (χ0v) is 19.4. The molecule has 0 aromatic rings. The molecule has 10 heteroatoms. The second-order valence-electron chi connectivity index (χ2n) is 9.02. The maximum atomic E-state index is 13.1. The lowest BCUT2D eigenvalue weighted by atomic mass is 9.78. The smallest absolute Gasteiger partial charge is 0.333 e. The van der Waals surface area contributed by atoms with Crippen LogP contribution in [0, 0.1) is 5.41 Å². The number of aliphatic hydroxyl groups excluding tert-OH is 2. The first kappa shape index (κ1) is 25.2. The molecule has 2 N–H and O–H groups in total. The summed E-state index contributed by atoms with van der Waals surface area (Å²) >= 11 is 0. The second kappa shape index (κ2) is 9.22. The Balaban J connectivity index is 2.13. The summed E-state index contributed by atoms with van der Waals surface area (Å²) in [6, 6.07) is -0.771. The molecule has 2 unspecified atom stereocenters. The van der Waals surface area contributed by atoms with Crippen LogP contribution in [-0.2, 0) is 14.4 Å². The highest BCUT2D eigenvalue weighted by Gasteiger charge is 2.54. The van der Waals surface area contributed by atoms with Gasteiger partial charge in [0.05, 0.1) is 31.0 Å². The van der Waals surface area contributed by atoms with E-state index >= 15 is 0 Å². The number of hydrogen-bond donors (Lipinski definition) is 2. The van der Waals surface area contributed by atoms with Crippen LogP contribution in [0.1, 0.15) is 53.9 Å². The molecule has 0 radical (unpaired) electrons. The van der Waals surface area contributed by atoms with Gasteiger partial charge in [-0.1, -0.05) is 20.8 Å². The van der Waals surface area contributed by atoms with E-state index in [1.54, 1.807) is 27.7 Å². The summed E-state index contributed by atoms with van der Waals surface area (Å²) in [6.45, 7) is 9.02. The summed E-state index contributed by atoms with van der Waals surface area (Å²) in [6.07, 6.45) is -0.676. The van der Waals surface area contributed by atoms with Gasteiger partial charge in [-0.2, -0.15) is 0 Å². The molecule has 176 valence electrons. The average molecular weight is 441 g/mol. The van der Waals surface area contributed by atoms with Gasteiger partial charge in [0.15, 0.2) is 0 Å². The lowest BCUT2D eigenvalue weighted by molar-refractivity contribution is -0.159. The van der Waals surface area contributed by atoms with Crippen LogP contribution in [0.5, 0.6) is 0 Å². The molecule has 2 atom stereocenters. The fourth-order valence-corrected chi connectivity index (χ4v) is 4.34. The van der Waals surface area contributed by atoms with E-state index < -0.39 is 41.0 Å². The lowest BCUT2D eigenvalue weighted by Gasteiger charge is -2.42. The molecular formula is C21H36N4O6. The number of amides is 5. The van der Waals surface area contributed by atoms with Gasteiger partial charge in [-0.25, -0.2) is 4.79 Å². The zero-order valence-electron chi connectivity index (χ0n) is 19.4. The Labute approximate surface area is 183 Å². The molecule has 2 fully saturated rings. The third-order valence-corrected chi connectivity index (χ3v) is 6.76. The second-order valence-corrected chi connectivity index (χ2v) is 9.02. The van der Waals surface area contributed by atoms with Gasteiger partial charge in [-0.15, -0.1) is 0 Å². The van der Waals surface area contributed by atoms with E-state index in [0.717, 1.165) is 9.80 Å². The van der Waals surface area contributed by atoms with Crippen molar-refractivity contribution in [2.24, 2.45) is 5.41 Å². The first-order valence-electron chi connectivity index (χ1n) is 10.9. The third kappa shape index (κ3) is 4.33. The van der Waals surface area contributed by atoms with Crippen LogP contribution < -0.4 is 0 Å². The predicted molar refractivity (Wildman–Crippen MR) is 113 cm³/mol. The van der Waals surface area contributed by atoms with Crippen molar-refractivity contribution in [3.05, 3.63) is 0 Å². The average Bonchev–Trinajstić information content (AvgIpc) is 2.93. The number of rotatable bonds is 9. The minimum absolute atomic E-state index is 0.0685. The highest BCUT2D eigenvalue weighted by Crippen LogP contribution is 2.35. The van der Waals surface area contributed by atoms with Crippen LogP contribution in [0.25, 0.3) is 0 Å². The van der Waals surface area contributed by atoms with Crippen molar-refractivity contribution in [2.45, 2.75) is 71.6 Å². The van der Waals surface area contributed by atoms with E-state index in [9.17, 15) is 29.4 Å². The van der Waals surface area contributed by atoms with E-state index in [-0.39, 0.29) is 38.5 Å². The largest absolute Gasteiger partial charge is 0.392 e. The minimum Gasteiger partial charge on any atom is -0.392 e. The van der Waals surface area contributed by atoms with Crippen molar-refractivity contribution in [1.29, 1.82) is 0 Å². The Morgan fingerprint density at radius 1 is 0.871 bits per heavy atom. The number of carbonyl (C=O) groups is 4. The summed E-state index contributed by atoms with van der Waals surface area (Å²) in [7, 11) is 1.33. The number of imide groups is 2. The predicted octanol–water partition coefficient (Wildman–Crippen LogP) is 0.226. The fraction of sp³-hybridized carbons (Fsp3) is 0.810. The maximum Gasteiger partial charge on any atom is 0.333 e. The van der Waals surface area contributed by atoms with E-state index in [4.69, 9.17) is 0 Å². The Hall–Kier alpha value is -2.04. The third-order valence-electron chi connectivity index (χ3n) is 6.76. The van der Waals surface area contributed by atoms with Gasteiger partial charge in [0.25, 0.3) is 0 Å². The van der Waals surface area contributed by atoms with E-state index in [0.29, 0.717) is 13.0 Å². The van der Waals surface area contributed by atoms with Gasteiger partial charge in [-0.3, -0.25) is 29.1 Å². The molecule has 0 saturated carbocycles. The molecule has 0 spiro atoms. The van der Waals surface area contributed by atoms with Crippen molar-refractivity contribution in [2.75, 3.05) is 33.4 Å². The molecule has 2 saturated heterocycles. The van der Waals surface area contributed by atoms with Crippen LogP contribution in [0.4, 0.5) is 4.79 Å².